The molecule has 0 nitrogen and oxygen atoms in total. The van der Waals surface area contributed by atoms with Crippen LogP contribution in [0.25, 0.3) is 0 Å². The molecule has 62 valence electrons. The van der Waals surface area contributed by atoms with Gasteiger partial charge >= 0.3 is 0 Å². The molecule has 0 radical (unpaired) electrons. The van der Waals surface area contributed by atoms with Crippen molar-refractivity contribution in [3.63, 3.8) is 0 Å². The van der Waals surface area contributed by atoms with Gasteiger partial charge in [0.2, 0.25) is 0 Å². The third kappa shape index (κ3) is 2.72. The molecule has 0 aromatic heterocycles. The van der Waals surface area contributed by atoms with E-state index in [0.717, 1.165) is 25.7 Å². The van der Waals surface area contributed by atoms with Crippen LogP contribution in [0.2, 0.25) is 0 Å². The zero-order valence-electron chi connectivity index (χ0n) is 9.83. The first-order valence-corrected chi connectivity index (χ1v) is 4.49. The van der Waals surface area contributed by atoms with Crippen LogP contribution in [0.1, 0.15) is 56.1 Å². The van der Waals surface area contributed by atoms with Crippen molar-refractivity contribution in [1.82, 2.24) is 0 Å². The lowest BCUT2D eigenvalue weighted by Crippen LogP contribution is -2.11. The van der Waals surface area contributed by atoms with Crippen molar-refractivity contribution < 1.29 is 2.74 Å². The molecule has 0 bridgehead atoms. The Kier molecular flexibility index (Phi) is 3.86. The predicted octanol–water partition coefficient (Wildman–Crippen LogP) is 3.86. The van der Waals surface area contributed by atoms with Crippen molar-refractivity contribution in [2.45, 2.75) is 53.4 Å². The van der Waals surface area contributed by atoms with Crippen molar-refractivity contribution in [3.8, 4) is 0 Å². The van der Waals surface area contributed by atoms with Gasteiger partial charge in [0.05, 0.1) is 0 Å². The monoisotopic (exact) mass is 144 g/mol. The summed E-state index contributed by atoms with van der Waals surface area (Å²) in [7, 11) is 0. The van der Waals surface area contributed by atoms with Crippen LogP contribution in [0.15, 0.2) is 0 Å². The highest BCUT2D eigenvalue weighted by Crippen LogP contribution is 2.24. The fourth-order valence-corrected chi connectivity index (χ4v) is 1.50. The van der Waals surface area contributed by atoms with Gasteiger partial charge in [0, 0.05) is 2.74 Å². The summed E-state index contributed by atoms with van der Waals surface area (Å²) in [4.78, 5) is 0. The molecule has 10 heavy (non-hydrogen) atoms. The molecule has 0 aromatic carbocycles. The summed E-state index contributed by atoms with van der Waals surface area (Å²) in [5.74, 6) is -1.09. The van der Waals surface area contributed by atoms with Gasteiger partial charge in [-0.2, -0.15) is 0 Å². The summed E-state index contributed by atoms with van der Waals surface area (Å²) in [5, 5.41) is 0. The van der Waals surface area contributed by atoms with E-state index in [9.17, 15) is 0 Å². The van der Waals surface area contributed by atoms with E-state index in [1.807, 2.05) is 27.7 Å². The van der Waals surface area contributed by atoms with Crippen LogP contribution < -0.4 is 0 Å². The third-order valence-electron chi connectivity index (χ3n) is 2.21. The molecule has 0 heteroatoms. The van der Waals surface area contributed by atoms with E-state index in [1.165, 1.54) is 0 Å². The highest BCUT2D eigenvalue weighted by molar-refractivity contribution is 4.64. The molecular formula is C10H22. The molecule has 0 aromatic rings. The first kappa shape index (κ1) is 6.69. The lowest BCUT2D eigenvalue weighted by Gasteiger charge is -2.22. The summed E-state index contributed by atoms with van der Waals surface area (Å²) in [6.45, 7) is 8.08. The largest absolute Gasteiger partial charge is 0.0651 e. The lowest BCUT2D eigenvalue weighted by atomic mass is 9.84. The van der Waals surface area contributed by atoms with Crippen molar-refractivity contribution in [2.24, 2.45) is 11.8 Å². The molecule has 0 aliphatic heterocycles. The molecule has 0 fully saturated rings. The molecule has 0 spiro atoms. The van der Waals surface area contributed by atoms with Crippen LogP contribution in [0.5, 0.6) is 0 Å². The molecule has 0 amide bonds. The van der Waals surface area contributed by atoms with Crippen molar-refractivity contribution in [2.75, 3.05) is 0 Å². The van der Waals surface area contributed by atoms with Crippen LogP contribution >= 0.6 is 0 Å². The van der Waals surface area contributed by atoms with E-state index in [0.29, 0.717) is 0 Å². The Morgan fingerprint density at radius 3 is 1.10 bits per heavy atom. The molecule has 0 saturated carbocycles. The van der Waals surface area contributed by atoms with Crippen molar-refractivity contribution in [1.29, 1.82) is 0 Å². The SMILES string of the molecule is [2H]C(CC)(CC)C([2H])(CC)CC. The minimum absolute atomic E-state index is 0.545. The maximum absolute atomic E-state index is 8.18. The standard InChI is InChI=1S/C10H22/c1-5-9(6-2)10(7-3)8-4/h9-10H,5-8H2,1-4H3/i9D,10D. The maximum Gasteiger partial charge on any atom is 0.0305 e. The van der Waals surface area contributed by atoms with Gasteiger partial charge < -0.3 is 0 Å². The van der Waals surface area contributed by atoms with Gasteiger partial charge in [0.25, 0.3) is 0 Å². The number of rotatable bonds is 5. The summed E-state index contributed by atoms with van der Waals surface area (Å²) < 4.78 is 16.4. The van der Waals surface area contributed by atoms with Gasteiger partial charge in [-0.15, -0.1) is 0 Å². The molecule has 0 rings (SSSR count). The first-order chi connectivity index (χ1) is 5.49. The van der Waals surface area contributed by atoms with E-state index in [1.54, 1.807) is 0 Å². The molecule has 0 saturated heterocycles. The average Bonchev–Trinajstić information content (AvgIpc) is 2.15. The topological polar surface area (TPSA) is 0 Å². The minimum atomic E-state index is -0.545. The smallest absolute Gasteiger partial charge is 0.0305 e. The third-order valence-corrected chi connectivity index (χ3v) is 2.21. The number of hydrogen-bond donors (Lipinski definition) is 0. The Labute approximate surface area is 68.8 Å². The quantitative estimate of drug-likeness (QED) is 0.549. The second-order valence-corrected chi connectivity index (χ2v) is 2.62. The normalized spacial score (nSPS) is 16.4. The van der Waals surface area contributed by atoms with Crippen LogP contribution in [0.3, 0.4) is 0 Å². The van der Waals surface area contributed by atoms with E-state index in [-0.39, 0.29) is 0 Å². The summed E-state index contributed by atoms with van der Waals surface area (Å²) in [5.41, 5.74) is 0. The molecule has 0 unspecified atom stereocenters. The van der Waals surface area contributed by atoms with E-state index < -0.39 is 11.8 Å². The Hall–Kier alpha value is 0. The highest BCUT2D eigenvalue weighted by Gasteiger charge is 2.13. The molecule has 0 heterocycles. The second-order valence-electron chi connectivity index (χ2n) is 2.62. The molecule has 0 aliphatic rings. The van der Waals surface area contributed by atoms with Gasteiger partial charge in [0.1, 0.15) is 0 Å². The Balaban J connectivity index is 4.66. The zero-order valence-corrected chi connectivity index (χ0v) is 7.83. The fourth-order valence-electron chi connectivity index (χ4n) is 1.50. The Morgan fingerprint density at radius 2 is 1.00 bits per heavy atom. The average molecular weight is 144 g/mol. The lowest BCUT2D eigenvalue weighted by molar-refractivity contribution is 0.295. The van der Waals surface area contributed by atoms with Gasteiger partial charge in [-0.3, -0.25) is 0 Å². The predicted molar refractivity (Wildman–Crippen MR) is 48.1 cm³/mol. The second kappa shape index (κ2) is 5.76. The minimum Gasteiger partial charge on any atom is -0.0651 e. The van der Waals surface area contributed by atoms with Crippen molar-refractivity contribution in [3.05, 3.63) is 0 Å². The van der Waals surface area contributed by atoms with Crippen molar-refractivity contribution >= 4 is 0 Å². The van der Waals surface area contributed by atoms with Crippen LogP contribution in [-0.2, 0) is 0 Å². The molecule has 0 N–H and O–H groups in total. The van der Waals surface area contributed by atoms with Gasteiger partial charge in [-0.05, 0) is 11.8 Å². The summed E-state index contributed by atoms with van der Waals surface area (Å²) in [6, 6.07) is 0. The molecule has 0 atom stereocenters. The maximum atomic E-state index is 8.18. The van der Waals surface area contributed by atoms with Crippen LogP contribution in [-0.4, -0.2) is 0 Å². The summed E-state index contributed by atoms with van der Waals surface area (Å²) >= 11 is 0. The highest BCUT2D eigenvalue weighted by atomic mass is 14.2. The fraction of sp³-hybridized carbons (Fsp3) is 1.00. The van der Waals surface area contributed by atoms with Gasteiger partial charge in [0.15, 0.2) is 0 Å². The Morgan fingerprint density at radius 1 is 0.800 bits per heavy atom. The number of hydrogen-bond acceptors (Lipinski definition) is 0. The Bertz CT molecular complexity index is 108. The summed E-state index contributed by atoms with van der Waals surface area (Å²) in [6.07, 6.45) is 3.15. The van der Waals surface area contributed by atoms with Gasteiger partial charge in [-0.1, -0.05) is 53.4 Å². The van der Waals surface area contributed by atoms with E-state index in [4.69, 9.17) is 2.74 Å². The zero-order chi connectivity index (χ0) is 9.83. The first-order valence-electron chi connectivity index (χ1n) is 5.49. The van der Waals surface area contributed by atoms with Crippen LogP contribution in [0.4, 0.5) is 0 Å². The van der Waals surface area contributed by atoms with E-state index >= 15 is 0 Å². The molecular weight excluding hydrogens is 120 g/mol. The van der Waals surface area contributed by atoms with Gasteiger partial charge in [-0.25, -0.2) is 0 Å². The van der Waals surface area contributed by atoms with Crippen LogP contribution in [0, 0.1) is 11.8 Å². The molecule has 0 aliphatic carbocycles. The van der Waals surface area contributed by atoms with E-state index in [2.05, 4.69) is 0 Å².